The molecule has 1 heterocycles. The lowest BCUT2D eigenvalue weighted by atomic mass is 10.2. The molecule has 1 saturated heterocycles. The molecular weight excluding hydrogens is 272 g/mol. The second-order valence-electron chi connectivity index (χ2n) is 5.37. The van der Waals surface area contributed by atoms with Crippen LogP contribution in [0.2, 0.25) is 5.02 Å². The lowest BCUT2D eigenvalue weighted by molar-refractivity contribution is 0.0951. The minimum atomic E-state index is -0.0162. The molecule has 0 atom stereocenters. The molecule has 110 valence electrons. The second-order valence-corrected chi connectivity index (χ2v) is 5.81. The van der Waals surface area contributed by atoms with Crippen molar-refractivity contribution in [1.29, 1.82) is 0 Å². The average Bonchev–Trinajstić information content (AvgIpc) is 2.73. The Hall–Kier alpha value is -1.06. The Morgan fingerprint density at radius 2 is 1.75 bits per heavy atom. The molecule has 0 aliphatic carbocycles. The van der Waals surface area contributed by atoms with Crippen LogP contribution in [-0.2, 0) is 0 Å². The molecule has 20 heavy (non-hydrogen) atoms. The third kappa shape index (κ3) is 5.14. The van der Waals surface area contributed by atoms with Gasteiger partial charge in [-0.1, -0.05) is 24.4 Å². The summed E-state index contributed by atoms with van der Waals surface area (Å²) in [6, 6.07) is 7.00. The van der Waals surface area contributed by atoms with E-state index in [1.54, 1.807) is 24.3 Å². The fraction of sp³-hybridized carbons (Fsp3) is 0.562. The Kier molecular flexibility index (Phi) is 6.34. The van der Waals surface area contributed by atoms with Crippen molar-refractivity contribution in [2.75, 3.05) is 26.2 Å². The van der Waals surface area contributed by atoms with Crippen LogP contribution in [0.1, 0.15) is 42.5 Å². The van der Waals surface area contributed by atoms with E-state index in [0.29, 0.717) is 10.6 Å². The highest BCUT2D eigenvalue weighted by atomic mass is 35.5. The van der Waals surface area contributed by atoms with Gasteiger partial charge in [0.1, 0.15) is 0 Å². The standard InChI is InChI=1S/C16H23ClN2O/c17-15-8-6-14(7-9-15)16(20)18-10-5-13-19-11-3-1-2-4-12-19/h6-9H,1-5,10-13H2,(H,18,20). The van der Waals surface area contributed by atoms with Gasteiger partial charge in [-0.2, -0.15) is 0 Å². The van der Waals surface area contributed by atoms with Gasteiger partial charge in [0.15, 0.2) is 0 Å². The highest BCUT2D eigenvalue weighted by Crippen LogP contribution is 2.10. The Labute approximate surface area is 126 Å². The summed E-state index contributed by atoms with van der Waals surface area (Å²) in [5.41, 5.74) is 0.671. The quantitative estimate of drug-likeness (QED) is 0.845. The largest absolute Gasteiger partial charge is 0.352 e. The zero-order valence-corrected chi connectivity index (χ0v) is 12.7. The monoisotopic (exact) mass is 294 g/mol. The van der Waals surface area contributed by atoms with Gasteiger partial charge >= 0.3 is 0 Å². The number of carbonyl (C=O) groups excluding carboxylic acids is 1. The molecule has 0 radical (unpaired) electrons. The summed E-state index contributed by atoms with van der Waals surface area (Å²) < 4.78 is 0. The van der Waals surface area contributed by atoms with Crippen LogP contribution in [0.3, 0.4) is 0 Å². The van der Waals surface area contributed by atoms with E-state index in [0.717, 1.165) is 19.5 Å². The third-order valence-electron chi connectivity index (χ3n) is 3.74. The first kappa shape index (κ1) is 15.3. The van der Waals surface area contributed by atoms with E-state index in [1.807, 2.05) is 0 Å². The van der Waals surface area contributed by atoms with Crippen LogP contribution in [0.25, 0.3) is 0 Å². The fourth-order valence-corrected chi connectivity index (χ4v) is 2.69. The SMILES string of the molecule is O=C(NCCCN1CCCCCC1)c1ccc(Cl)cc1. The number of nitrogens with zero attached hydrogens (tertiary/aromatic N) is 1. The van der Waals surface area contributed by atoms with E-state index in [4.69, 9.17) is 11.6 Å². The number of hydrogen-bond acceptors (Lipinski definition) is 2. The first-order valence-corrected chi connectivity index (χ1v) is 7.89. The number of likely N-dealkylation sites (tertiary alicyclic amines) is 1. The molecule has 1 N–H and O–H groups in total. The summed E-state index contributed by atoms with van der Waals surface area (Å²) in [5.74, 6) is -0.0162. The zero-order chi connectivity index (χ0) is 14.2. The van der Waals surface area contributed by atoms with E-state index in [9.17, 15) is 4.79 Å². The van der Waals surface area contributed by atoms with Gasteiger partial charge in [-0.05, 0) is 63.2 Å². The van der Waals surface area contributed by atoms with E-state index >= 15 is 0 Å². The van der Waals surface area contributed by atoms with E-state index in [1.165, 1.54) is 38.8 Å². The van der Waals surface area contributed by atoms with Gasteiger partial charge in [-0.3, -0.25) is 4.79 Å². The maximum absolute atomic E-state index is 11.9. The maximum atomic E-state index is 11.9. The van der Waals surface area contributed by atoms with Crippen LogP contribution >= 0.6 is 11.6 Å². The summed E-state index contributed by atoms with van der Waals surface area (Å²) in [7, 11) is 0. The molecule has 1 aliphatic heterocycles. The fourth-order valence-electron chi connectivity index (χ4n) is 2.57. The van der Waals surface area contributed by atoms with Crippen molar-refractivity contribution in [2.45, 2.75) is 32.1 Å². The number of nitrogens with one attached hydrogen (secondary N) is 1. The molecule has 1 fully saturated rings. The van der Waals surface area contributed by atoms with Crippen LogP contribution in [-0.4, -0.2) is 37.0 Å². The van der Waals surface area contributed by atoms with Crippen molar-refractivity contribution in [1.82, 2.24) is 10.2 Å². The van der Waals surface area contributed by atoms with E-state index in [2.05, 4.69) is 10.2 Å². The number of benzene rings is 1. The van der Waals surface area contributed by atoms with Crippen molar-refractivity contribution in [3.63, 3.8) is 0 Å². The zero-order valence-electron chi connectivity index (χ0n) is 11.9. The summed E-state index contributed by atoms with van der Waals surface area (Å²) in [6.45, 7) is 4.25. The first-order valence-electron chi connectivity index (χ1n) is 7.52. The summed E-state index contributed by atoms with van der Waals surface area (Å²) in [5, 5.41) is 3.62. The molecule has 1 amide bonds. The normalized spacial score (nSPS) is 16.6. The number of halogens is 1. The van der Waals surface area contributed by atoms with Crippen molar-refractivity contribution in [3.8, 4) is 0 Å². The first-order chi connectivity index (χ1) is 9.75. The number of hydrogen-bond donors (Lipinski definition) is 1. The highest BCUT2D eigenvalue weighted by Gasteiger charge is 2.09. The van der Waals surface area contributed by atoms with E-state index < -0.39 is 0 Å². The number of amides is 1. The molecule has 1 aliphatic rings. The third-order valence-corrected chi connectivity index (χ3v) is 3.99. The summed E-state index contributed by atoms with van der Waals surface area (Å²) in [4.78, 5) is 14.4. The molecular formula is C16H23ClN2O. The van der Waals surface area contributed by atoms with E-state index in [-0.39, 0.29) is 5.91 Å². The molecule has 1 aromatic carbocycles. The molecule has 2 rings (SSSR count). The number of carbonyl (C=O) groups is 1. The van der Waals surface area contributed by atoms with Crippen molar-refractivity contribution < 1.29 is 4.79 Å². The highest BCUT2D eigenvalue weighted by molar-refractivity contribution is 6.30. The molecule has 0 bridgehead atoms. The Balaban J connectivity index is 1.65. The minimum Gasteiger partial charge on any atom is -0.352 e. The molecule has 0 spiro atoms. The van der Waals surface area contributed by atoms with Crippen LogP contribution < -0.4 is 5.32 Å². The van der Waals surface area contributed by atoms with Gasteiger partial charge in [0, 0.05) is 17.1 Å². The smallest absolute Gasteiger partial charge is 0.251 e. The molecule has 4 heteroatoms. The minimum absolute atomic E-state index is 0.0162. The van der Waals surface area contributed by atoms with Crippen LogP contribution in [0.15, 0.2) is 24.3 Å². The lowest BCUT2D eigenvalue weighted by Gasteiger charge is -2.19. The van der Waals surface area contributed by atoms with Gasteiger partial charge in [-0.15, -0.1) is 0 Å². The maximum Gasteiger partial charge on any atom is 0.251 e. The topological polar surface area (TPSA) is 32.3 Å². The molecule has 3 nitrogen and oxygen atoms in total. The van der Waals surface area contributed by atoms with Gasteiger partial charge in [-0.25, -0.2) is 0 Å². The van der Waals surface area contributed by atoms with Gasteiger partial charge in [0.2, 0.25) is 0 Å². The average molecular weight is 295 g/mol. The molecule has 0 unspecified atom stereocenters. The van der Waals surface area contributed by atoms with Crippen LogP contribution in [0.5, 0.6) is 0 Å². The van der Waals surface area contributed by atoms with Crippen molar-refractivity contribution >= 4 is 17.5 Å². The van der Waals surface area contributed by atoms with Crippen molar-refractivity contribution in [3.05, 3.63) is 34.9 Å². The van der Waals surface area contributed by atoms with Gasteiger partial charge in [0.25, 0.3) is 5.91 Å². The molecule has 0 saturated carbocycles. The van der Waals surface area contributed by atoms with Crippen molar-refractivity contribution in [2.24, 2.45) is 0 Å². The Morgan fingerprint density at radius 3 is 2.40 bits per heavy atom. The molecule has 0 aromatic heterocycles. The predicted octanol–water partition coefficient (Wildman–Crippen LogP) is 3.34. The Bertz CT molecular complexity index is 411. The van der Waals surface area contributed by atoms with Crippen LogP contribution in [0, 0.1) is 0 Å². The Morgan fingerprint density at radius 1 is 1.10 bits per heavy atom. The summed E-state index contributed by atoms with van der Waals surface area (Å²) >= 11 is 5.81. The van der Waals surface area contributed by atoms with Gasteiger partial charge < -0.3 is 10.2 Å². The summed E-state index contributed by atoms with van der Waals surface area (Å²) in [6.07, 6.45) is 6.38. The molecule has 1 aromatic rings. The number of rotatable bonds is 5. The van der Waals surface area contributed by atoms with Crippen LogP contribution in [0.4, 0.5) is 0 Å². The van der Waals surface area contributed by atoms with Gasteiger partial charge in [0.05, 0.1) is 0 Å². The lowest BCUT2D eigenvalue weighted by Crippen LogP contribution is -2.30. The second kappa shape index (κ2) is 8.28. The predicted molar refractivity (Wildman–Crippen MR) is 83.3 cm³/mol.